The smallest absolute Gasteiger partial charge is 0.165 e. The summed E-state index contributed by atoms with van der Waals surface area (Å²) < 4.78 is 0. The molecule has 1 aromatic rings. The Morgan fingerprint density at radius 1 is 1.57 bits per heavy atom. The van der Waals surface area contributed by atoms with Gasteiger partial charge >= 0.3 is 0 Å². The van der Waals surface area contributed by atoms with Gasteiger partial charge in [-0.25, -0.2) is 4.98 Å². The van der Waals surface area contributed by atoms with Gasteiger partial charge in [0.05, 0.1) is 0 Å². The predicted molar refractivity (Wildman–Crippen MR) is 59.2 cm³/mol. The molecule has 2 atom stereocenters. The Balaban J connectivity index is 1.68. The van der Waals surface area contributed by atoms with Crippen molar-refractivity contribution < 1.29 is 0 Å². The lowest BCUT2D eigenvalue weighted by molar-refractivity contribution is 0.470. The topological polar surface area (TPSA) is 54.7 Å². The van der Waals surface area contributed by atoms with E-state index in [4.69, 9.17) is 5.73 Å². The highest BCUT2D eigenvalue weighted by Crippen LogP contribution is 2.28. The molecule has 2 unspecified atom stereocenters. The van der Waals surface area contributed by atoms with E-state index in [1.54, 1.807) is 18.0 Å². The van der Waals surface area contributed by atoms with E-state index < -0.39 is 0 Å². The third kappa shape index (κ3) is 2.51. The lowest BCUT2D eigenvalue weighted by Crippen LogP contribution is -2.24. The molecule has 1 aliphatic rings. The summed E-state index contributed by atoms with van der Waals surface area (Å²) in [5, 5.41) is 1.02. The number of H-pyrrole nitrogens is 1. The fraction of sp³-hybridized carbons (Fsp3) is 0.700. The highest BCUT2D eigenvalue weighted by atomic mass is 32.2. The number of nitrogens with two attached hydrogens (primary N) is 1. The van der Waals surface area contributed by atoms with Crippen molar-refractivity contribution in [2.75, 3.05) is 5.75 Å². The van der Waals surface area contributed by atoms with E-state index in [0.717, 1.165) is 16.8 Å². The van der Waals surface area contributed by atoms with Crippen molar-refractivity contribution >= 4 is 11.8 Å². The summed E-state index contributed by atoms with van der Waals surface area (Å²) in [4.78, 5) is 7.27. The van der Waals surface area contributed by atoms with Crippen LogP contribution < -0.4 is 5.73 Å². The largest absolute Gasteiger partial charge is 0.340 e. The van der Waals surface area contributed by atoms with E-state index in [-0.39, 0.29) is 0 Å². The minimum Gasteiger partial charge on any atom is -0.340 e. The maximum atomic E-state index is 6.01. The summed E-state index contributed by atoms with van der Waals surface area (Å²) in [6.07, 6.45) is 8.74. The average molecular weight is 211 g/mol. The third-order valence-corrected chi connectivity index (χ3v) is 3.85. The molecule has 3 nitrogen and oxygen atoms in total. The van der Waals surface area contributed by atoms with Crippen molar-refractivity contribution in [2.24, 2.45) is 11.7 Å². The van der Waals surface area contributed by atoms with Crippen LogP contribution >= 0.6 is 11.8 Å². The van der Waals surface area contributed by atoms with Crippen LogP contribution in [0.1, 0.15) is 25.7 Å². The Morgan fingerprint density at radius 2 is 2.50 bits per heavy atom. The van der Waals surface area contributed by atoms with Gasteiger partial charge in [0.25, 0.3) is 0 Å². The first-order valence-electron chi connectivity index (χ1n) is 5.24. The molecule has 0 radical (unpaired) electrons. The van der Waals surface area contributed by atoms with Crippen LogP contribution in [-0.4, -0.2) is 21.8 Å². The van der Waals surface area contributed by atoms with Gasteiger partial charge in [0.15, 0.2) is 5.16 Å². The van der Waals surface area contributed by atoms with Gasteiger partial charge in [-0.05, 0) is 25.2 Å². The van der Waals surface area contributed by atoms with Crippen molar-refractivity contribution in [1.82, 2.24) is 9.97 Å². The Kier molecular flexibility index (Phi) is 3.48. The van der Waals surface area contributed by atoms with Crippen LogP contribution in [0, 0.1) is 5.92 Å². The Hall–Kier alpha value is -0.480. The third-order valence-electron chi connectivity index (χ3n) is 2.92. The molecule has 78 valence electrons. The van der Waals surface area contributed by atoms with Crippen LogP contribution in [0.3, 0.4) is 0 Å². The second kappa shape index (κ2) is 4.84. The highest BCUT2D eigenvalue weighted by molar-refractivity contribution is 7.99. The second-order valence-corrected chi connectivity index (χ2v) is 4.97. The summed E-state index contributed by atoms with van der Waals surface area (Å²) in [6, 6.07) is 0.451. The summed E-state index contributed by atoms with van der Waals surface area (Å²) in [5.74, 6) is 1.88. The van der Waals surface area contributed by atoms with Gasteiger partial charge in [-0.2, -0.15) is 0 Å². The minimum atomic E-state index is 0.451. The molecular weight excluding hydrogens is 194 g/mol. The molecule has 2 rings (SSSR count). The van der Waals surface area contributed by atoms with Gasteiger partial charge in [-0.1, -0.05) is 18.2 Å². The van der Waals surface area contributed by atoms with Crippen LogP contribution in [0.2, 0.25) is 0 Å². The minimum absolute atomic E-state index is 0.451. The van der Waals surface area contributed by atoms with Gasteiger partial charge in [0, 0.05) is 24.2 Å². The molecule has 3 N–H and O–H groups in total. The molecule has 1 saturated carbocycles. The summed E-state index contributed by atoms with van der Waals surface area (Å²) in [6.45, 7) is 0. The predicted octanol–water partition coefficient (Wildman–Crippen LogP) is 2.02. The Labute approximate surface area is 88.9 Å². The molecule has 1 fully saturated rings. The monoisotopic (exact) mass is 211 g/mol. The zero-order chi connectivity index (χ0) is 9.80. The zero-order valence-electron chi connectivity index (χ0n) is 8.28. The molecule has 0 amide bonds. The lowest BCUT2D eigenvalue weighted by atomic mass is 10.0. The van der Waals surface area contributed by atoms with Crippen molar-refractivity contribution in [1.29, 1.82) is 0 Å². The molecule has 0 spiro atoms. The number of imidazole rings is 1. The van der Waals surface area contributed by atoms with Crippen LogP contribution in [0.15, 0.2) is 17.6 Å². The number of nitrogens with zero attached hydrogens (tertiary/aromatic N) is 1. The molecular formula is C10H17N3S. The molecule has 0 aromatic carbocycles. The summed E-state index contributed by atoms with van der Waals surface area (Å²) in [7, 11) is 0. The number of aromatic nitrogens is 2. The van der Waals surface area contributed by atoms with E-state index in [1.165, 1.54) is 25.7 Å². The zero-order valence-corrected chi connectivity index (χ0v) is 9.09. The first kappa shape index (κ1) is 10.1. The van der Waals surface area contributed by atoms with E-state index in [9.17, 15) is 0 Å². The van der Waals surface area contributed by atoms with Crippen molar-refractivity contribution in [3.05, 3.63) is 12.4 Å². The molecule has 1 heterocycles. The lowest BCUT2D eigenvalue weighted by Gasteiger charge is -2.13. The Bertz CT molecular complexity index is 260. The number of thioether (sulfide) groups is 1. The summed E-state index contributed by atoms with van der Waals surface area (Å²) in [5.41, 5.74) is 6.01. The van der Waals surface area contributed by atoms with Gasteiger partial charge in [-0.3, -0.25) is 0 Å². The number of hydrogen-bond acceptors (Lipinski definition) is 3. The first-order chi connectivity index (χ1) is 6.86. The van der Waals surface area contributed by atoms with Crippen LogP contribution in [-0.2, 0) is 0 Å². The molecule has 0 bridgehead atoms. The second-order valence-electron chi connectivity index (χ2n) is 3.89. The number of nitrogens with one attached hydrogen (secondary N) is 1. The number of hydrogen-bond donors (Lipinski definition) is 2. The maximum Gasteiger partial charge on any atom is 0.165 e. The van der Waals surface area contributed by atoms with E-state index in [1.807, 2.05) is 6.20 Å². The fourth-order valence-corrected chi connectivity index (χ4v) is 2.96. The van der Waals surface area contributed by atoms with Gasteiger partial charge in [0.1, 0.15) is 0 Å². The van der Waals surface area contributed by atoms with Crippen molar-refractivity contribution in [3.8, 4) is 0 Å². The molecule has 1 aliphatic carbocycles. The number of rotatable bonds is 4. The van der Waals surface area contributed by atoms with E-state index in [2.05, 4.69) is 9.97 Å². The van der Waals surface area contributed by atoms with Crippen molar-refractivity contribution in [2.45, 2.75) is 36.9 Å². The van der Waals surface area contributed by atoms with Crippen LogP contribution in [0.4, 0.5) is 0 Å². The molecule has 4 heteroatoms. The Morgan fingerprint density at radius 3 is 3.14 bits per heavy atom. The van der Waals surface area contributed by atoms with Crippen LogP contribution in [0.5, 0.6) is 0 Å². The van der Waals surface area contributed by atoms with E-state index >= 15 is 0 Å². The van der Waals surface area contributed by atoms with E-state index in [0.29, 0.717) is 6.04 Å². The molecule has 1 aromatic heterocycles. The average Bonchev–Trinajstić information content (AvgIpc) is 2.78. The highest BCUT2D eigenvalue weighted by Gasteiger charge is 2.23. The molecule has 0 saturated heterocycles. The number of aromatic amines is 1. The SMILES string of the molecule is NC1CCCC1CCSc1ncc[nH]1. The van der Waals surface area contributed by atoms with Crippen LogP contribution in [0.25, 0.3) is 0 Å². The molecule has 14 heavy (non-hydrogen) atoms. The van der Waals surface area contributed by atoms with Crippen molar-refractivity contribution in [3.63, 3.8) is 0 Å². The normalized spacial score (nSPS) is 26.9. The first-order valence-corrected chi connectivity index (χ1v) is 6.22. The fourth-order valence-electron chi connectivity index (χ4n) is 2.06. The van der Waals surface area contributed by atoms with Gasteiger partial charge in [0.2, 0.25) is 0 Å². The standard InChI is InChI=1S/C10H17N3S/c11-9-3-1-2-8(9)4-7-14-10-12-5-6-13-10/h5-6,8-9H,1-4,7,11H2,(H,12,13). The molecule has 0 aliphatic heterocycles. The quantitative estimate of drug-likeness (QED) is 0.749. The summed E-state index contributed by atoms with van der Waals surface area (Å²) >= 11 is 1.79. The van der Waals surface area contributed by atoms with Gasteiger partial charge < -0.3 is 10.7 Å². The maximum absolute atomic E-state index is 6.01. The van der Waals surface area contributed by atoms with Gasteiger partial charge in [-0.15, -0.1) is 0 Å².